The fourth-order valence-electron chi connectivity index (χ4n) is 3.64. The number of hydrogen-bond acceptors (Lipinski definition) is 3. The van der Waals surface area contributed by atoms with Crippen LogP contribution in [0.15, 0.2) is 17.5 Å². The predicted molar refractivity (Wildman–Crippen MR) is 84.6 cm³/mol. The van der Waals surface area contributed by atoms with Crippen molar-refractivity contribution in [3.05, 3.63) is 22.4 Å². The summed E-state index contributed by atoms with van der Waals surface area (Å²) in [5.41, 5.74) is 0. The quantitative estimate of drug-likeness (QED) is 0.888. The maximum atomic E-state index is 3.55. The third-order valence-electron chi connectivity index (χ3n) is 4.58. The predicted octanol–water partition coefficient (Wildman–Crippen LogP) is 3.45. The van der Waals surface area contributed by atoms with Crippen LogP contribution in [-0.2, 0) is 6.54 Å². The van der Waals surface area contributed by atoms with E-state index in [-0.39, 0.29) is 0 Å². The van der Waals surface area contributed by atoms with E-state index in [4.69, 9.17) is 0 Å². The fraction of sp³-hybridized carbons (Fsp3) is 0.750. The molecule has 0 bridgehead atoms. The summed E-state index contributed by atoms with van der Waals surface area (Å²) in [5, 5.41) is 5.73. The van der Waals surface area contributed by atoms with Gasteiger partial charge < -0.3 is 10.2 Å². The highest BCUT2D eigenvalue weighted by Crippen LogP contribution is 2.34. The first-order valence-electron chi connectivity index (χ1n) is 7.48. The minimum Gasteiger partial charge on any atom is -0.317 e. The van der Waals surface area contributed by atoms with Gasteiger partial charge in [0.2, 0.25) is 0 Å². The van der Waals surface area contributed by atoms with E-state index in [2.05, 4.69) is 55.7 Å². The van der Waals surface area contributed by atoms with Gasteiger partial charge in [0, 0.05) is 24.0 Å². The van der Waals surface area contributed by atoms with Gasteiger partial charge in [0.25, 0.3) is 0 Å². The van der Waals surface area contributed by atoms with Crippen molar-refractivity contribution in [1.29, 1.82) is 0 Å². The summed E-state index contributed by atoms with van der Waals surface area (Å²) in [5.74, 6) is 2.48. The Morgan fingerprint density at radius 2 is 2.16 bits per heavy atom. The zero-order valence-electron chi connectivity index (χ0n) is 12.7. The summed E-state index contributed by atoms with van der Waals surface area (Å²) >= 11 is 1.86. The van der Waals surface area contributed by atoms with Crippen molar-refractivity contribution in [2.45, 2.75) is 39.3 Å². The van der Waals surface area contributed by atoms with Crippen molar-refractivity contribution in [2.24, 2.45) is 17.8 Å². The van der Waals surface area contributed by atoms with E-state index in [0.717, 1.165) is 24.3 Å². The zero-order chi connectivity index (χ0) is 13.8. The van der Waals surface area contributed by atoms with Crippen LogP contribution in [0.2, 0.25) is 0 Å². The zero-order valence-corrected chi connectivity index (χ0v) is 13.5. The third kappa shape index (κ3) is 4.04. The third-order valence-corrected chi connectivity index (χ3v) is 5.44. The first-order chi connectivity index (χ1) is 9.10. The lowest BCUT2D eigenvalue weighted by atomic mass is 9.72. The second-order valence-corrected chi connectivity index (χ2v) is 7.42. The van der Waals surface area contributed by atoms with Crippen LogP contribution in [0.3, 0.4) is 0 Å². The molecule has 3 heteroatoms. The van der Waals surface area contributed by atoms with Gasteiger partial charge in [-0.2, -0.15) is 0 Å². The minimum absolute atomic E-state index is 0.685. The Morgan fingerprint density at radius 3 is 2.79 bits per heavy atom. The molecular weight excluding hydrogens is 252 g/mol. The molecule has 1 N–H and O–H groups in total. The molecule has 1 fully saturated rings. The van der Waals surface area contributed by atoms with Gasteiger partial charge >= 0.3 is 0 Å². The van der Waals surface area contributed by atoms with Crippen molar-refractivity contribution in [3.63, 3.8) is 0 Å². The average molecular weight is 280 g/mol. The first kappa shape index (κ1) is 15.0. The maximum absolute atomic E-state index is 3.55. The molecule has 2 rings (SSSR count). The standard InChI is InChI=1S/C16H28N2S/c1-12-8-13(2)15(16(9-12)17-3)11-18(4)10-14-6-5-7-19-14/h5-7,12-13,15-17H,8-11H2,1-4H3. The Labute approximate surface area is 122 Å². The van der Waals surface area contributed by atoms with Crippen LogP contribution in [0.5, 0.6) is 0 Å². The molecule has 1 aromatic heterocycles. The number of nitrogens with one attached hydrogen (secondary N) is 1. The molecule has 4 unspecified atom stereocenters. The summed E-state index contributed by atoms with van der Waals surface area (Å²) in [6.07, 6.45) is 2.72. The van der Waals surface area contributed by atoms with Crippen molar-refractivity contribution in [2.75, 3.05) is 20.6 Å². The summed E-state index contributed by atoms with van der Waals surface area (Å²) in [6.45, 7) is 7.13. The van der Waals surface area contributed by atoms with Crippen LogP contribution in [0.1, 0.15) is 31.6 Å². The molecule has 0 amide bonds. The highest BCUT2D eigenvalue weighted by Gasteiger charge is 2.33. The largest absolute Gasteiger partial charge is 0.317 e. The Bertz CT molecular complexity index is 363. The van der Waals surface area contributed by atoms with Gasteiger partial charge in [-0.25, -0.2) is 0 Å². The molecule has 0 spiro atoms. The normalized spacial score (nSPS) is 31.8. The van der Waals surface area contributed by atoms with Crippen molar-refractivity contribution >= 4 is 11.3 Å². The van der Waals surface area contributed by atoms with E-state index >= 15 is 0 Å². The lowest BCUT2D eigenvalue weighted by Crippen LogP contribution is -2.47. The number of rotatable bonds is 5. The lowest BCUT2D eigenvalue weighted by Gasteiger charge is -2.41. The average Bonchev–Trinajstić information content (AvgIpc) is 2.85. The highest BCUT2D eigenvalue weighted by atomic mass is 32.1. The van der Waals surface area contributed by atoms with Crippen molar-refractivity contribution < 1.29 is 0 Å². The Hall–Kier alpha value is -0.380. The van der Waals surface area contributed by atoms with Gasteiger partial charge in [0.05, 0.1) is 0 Å². The molecule has 1 aliphatic carbocycles. The summed E-state index contributed by atoms with van der Waals surface area (Å²) < 4.78 is 0. The minimum atomic E-state index is 0.685. The number of nitrogens with zero attached hydrogens (tertiary/aromatic N) is 1. The first-order valence-corrected chi connectivity index (χ1v) is 8.36. The summed E-state index contributed by atoms with van der Waals surface area (Å²) in [6, 6.07) is 5.07. The molecule has 1 aliphatic rings. The van der Waals surface area contributed by atoms with Crippen LogP contribution >= 0.6 is 11.3 Å². The van der Waals surface area contributed by atoms with E-state index in [1.54, 1.807) is 0 Å². The molecule has 1 aromatic rings. The van der Waals surface area contributed by atoms with E-state index in [0.29, 0.717) is 6.04 Å². The second-order valence-electron chi connectivity index (χ2n) is 6.39. The summed E-state index contributed by atoms with van der Waals surface area (Å²) in [4.78, 5) is 3.97. The van der Waals surface area contributed by atoms with Crippen LogP contribution in [0.25, 0.3) is 0 Å². The fourth-order valence-corrected chi connectivity index (χ4v) is 4.43. The molecule has 1 saturated carbocycles. The molecule has 2 nitrogen and oxygen atoms in total. The van der Waals surface area contributed by atoms with Gasteiger partial charge in [-0.05, 0) is 56.1 Å². The molecule has 0 radical (unpaired) electrons. The van der Waals surface area contributed by atoms with Crippen LogP contribution < -0.4 is 5.32 Å². The van der Waals surface area contributed by atoms with E-state index in [9.17, 15) is 0 Å². The van der Waals surface area contributed by atoms with Crippen LogP contribution in [-0.4, -0.2) is 31.6 Å². The number of thiophene rings is 1. The molecule has 1 heterocycles. The van der Waals surface area contributed by atoms with Gasteiger partial charge in [0.15, 0.2) is 0 Å². The molecule has 4 atom stereocenters. The Balaban J connectivity index is 1.92. The molecule has 108 valence electrons. The Kier molecular flexibility index (Phi) is 5.43. The molecule has 0 aliphatic heterocycles. The smallest absolute Gasteiger partial charge is 0.0324 e. The van der Waals surface area contributed by atoms with Crippen molar-refractivity contribution in [3.8, 4) is 0 Å². The maximum Gasteiger partial charge on any atom is 0.0324 e. The Morgan fingerprint density at radius 1 is 1.37 bits per heavy atom. The van der Waals surface area contributed by atoms with Crippen molar-refractivity contribution in [1.82, 2.24) is 10.2 Å². The van der Waals surface area contributed by atoms with Gasteiger partial charge in [-0.3, -0.25) is 0 Å². The summed E-state index contributed by atoms with van der Waals surface area (Å²) in [7, 11) is 4.39. The van der Waals surface area contributed by atoms with E-state index in [1.165, 1.54) is 24.3 Å². The van der Waals surface area contributed by atoms with Gasteiger partial charge in [0.1, 0.15) is 0 Å². The van der Waals surface area contributed by atoms with Crippen LogP contribution in [0, 0.1) is 17.8 Å². The monoisotopic (exact) mass is 280 g/mol. The topological polar surface area (TPSA) is 15.3 Å². The lowest BCUT2D eigenvalue weighted by molar-refractivity contribution is 0.113. The van der Waals surface area contributed by atoms with Crippen LogP contribution in [0.4, 0.5) is 0 Å². The second kappa shape index (κ2) is 6.87. The molecule has 19 heavy (non-hydrogen) atoms. The molecule has 0 aromatic carbocycles. The van der Waals surface area contributed by atoms with E-state index in [1.807, 2.05) is 11.3 Å². The van der Waals surface area contributed by atoms with E-state index < -0.39 is 0 Å². The van der Waals surface area contributed by atoms with Gasteiger partial charge in [-0.1, -0.05) is 19.9 Å². The molecular formula is C16H28N2S. The number of hydrogen-bond donors (Lipinski definition) is 1. The highest BCUT2D eigenvalue weighted by molar-refractivity contribution is 7.09. The SMILES string of the molecule is CNC1CC(C)CC(C)C1CN(C)Cc1cccs1. The van der Waals surface area contributed by atoms with Gasteiger partial charge in [-0.15, -0.1) is 11.3 Å². The molecule has 0 saturated heterocycles.